The van der Waals surface area contributed by atoms with Gasteiger partial charge in [-0.15, -0.1) is 0 Å². The van der Waals surface area contributed by atoms with Crippen molar-refractivity contribution >= 4 is 0 Å². The van der Waals surface area contributed by atoms with Gasteiger partial charge in [0.25, 0.3) is 0 Å². The monoisotopic (exact) mass is 277 g/mol. The number of nitrogens with zero attached hydrogens (tertiary/aromatic N) is 2. The SMILES string of the molecule is COc1ccc(F)c(-n2cncc2C2CNCCO2)c1. The van der Waals surface area contributed by atoms with E-state index in [2.05, 4.69) is 10.3 Å². The molecule has 1 aromatic heterocycles. The highest BCUT2D eigenvalue weighted by Gasteiger charge is 2.21. The third-order valence-corrected chi connectivity index (χ3v) is 3.34. The normalized spacial score (nSPS) is 19.0. The largest absolute Gasteiger partial charge is 0.497 e. The van der Waals surface area contributed by atoms with E-state index in [9.17, 15) is 4.39 Å². The Labute approximate surface area is 116 Å². The Morgan fingerprint density at radius 2 is 2.40 bits per heavy atom. The predicted molar refractivity (Wildman–Crippen MR) is 71.6 cm³/mol. The lowest BCUT2D eigenvalue weighted by molar-refractivity contribution is 0.0240. The third-order valence-electron chi connectivity index (χ3n) is 3.34. The molecule has 1 atom stereocenters. The Kier molecular flexibility index (Phi) is 3.66. The first kappa shape index (κ1) is 13.1. The first-order valence-electron chi connectivity index (χ1n) is 6.48. The van der Waals surface area contributed by atoms with Gasteiger partial charge in [0, 0.05) is 19.2 Å². The Morgan fingerprint density at radius 1 is 1.50 bits per heavy atom. The molecule has 6 heteroatoms. The fraction of sp³-hybridized carbons (Fsp3) is 0.357. The summed E-state index contributed by atoms with van der Waals surface area (Å²) in [6, 6.07) is 4.63. The van der Waals surface area contributed by atoms with Crippen LogP contribution in [0.1, 0.15) is 11.8 Å². The summed E-state index contributed by atoms with van der Waals surface area (Å²) in [4.78, 5) is 4.12. The summed E-state index contributed by atoms with van der Waals surface area (Å²) in [5.41, 5.74) is 1.23. The van der Waals surface area contributed by atoms with E-state index in [4.69, 9.17) is 9.47 Å². The van der Waals surface area contributed by atoms with Crippen molar-refractivity contribution in [3.05, 3.63) is 42.2 Å². The van der Waals surface area contributed by atoms with Crippen molar-refractivity contribution in [3.63, 3.8) is 0 Å². The van der Waals surface area contributed by atoms with Gasteiger partial charge in [0.2, 0.25) is 0 Å². The minimum atomic E-state index is -0.325. The lowest BCUT2D eigenvalue weighted by atomic mass is 10.2. The Morgan fingerprint density at radius 3 is 3.15 bits per heavy atom. The van der Waals surface area contributed by atoms with Crippen LogP contribution >= 0.6 is 0 Å². The molecule has 1 N–H and O–H groups in total. The molecule has 2 aromatic rings. The van der Waals surface area contributed by atoms with E-state index in [1.165, 1.54) is 6.07 Å². The Hall–Kier alpha value is -1.92. The maximum atomic E-state index is 14.1. The molecular formula is C14H16FN3O2. The van der Waals surface area contributed by atoms with Crippen LogP contribution in [0.3, 0.4) is 0 Å². The highest BCUT2D eigenvalue weighted by molar-refractivity contribution is 5.42. The zero-order valence-electron chi connectivity index (χ0n) is 11.2. The number of ether oxygens (including phenoxy) is 2. The molecule has 3 rings (SSSR count). The first-order valence-corrected chi connectivity index (χ1v) is 6.48. The van der Waals surface area contributed by atoms with Gasteiger partial charge in [0.1, 0.15) is 17.7 Å². The second-order valence-electron chi connectivity index (χ2n) is 4.57. The molecule has 0 spiro atoms. The molecule has 1 aliphatic rings. The van der Waals surface area contributed by atoms with Crippen molar-refractivity contribution in [1.82, 2.24) is 14.9 Å². The molecule has 0 saturated carbocycles. The molecule has 0 amide bonds. The van der Waals surface area contributed by atoms with Gasteiger partial charge in [0.05, 0.1) is 37.6 Å². The number of aromatic nitrogens is 2. The molecule has 106 valence electrons. The smallest absolute Gasteiger partial charge is 0.147 e. The summed E-state index contributed by atoms with van der Waals surface area (Å²) in [6.07, 6.45) is 3.17. The van der Waals surface area contributed by atoms with Crippen LogP contribution in [0.2, 0.25) is 0 Å². The fourth-order valence-electron chi connectivity index (χ4n) is 2.30. The van der Waals surface area contributed by atoms with Crippen molar-refractivity contribution in [1.29, 1.82) is 0 Å². The highest BCUT2D eigenvalue weighted by Crippen LogP contribution is 2.26. The summed E-state index contributed by atoms with van der Waals surface area (Å²) in [7, 11) is 1.56. The van der Waals surface area contributed by atoms with Crippen LogP contribution in [-0.2, 0) is 4.74 Å². The van der Waals surface area contributed by atoms with Crippen LogP contribution in [-0.4, -0.2) is 36.4 Å². The van der Waals surface area contributed by atoms with Gasteiger partial charge in [-0.1, -0.05) is 0 Å². The predicted octanol–water partition coefficient (Wildman–Crippen LogP) is 1.68. The van der Waals surface area contributed by atoms with Gasteiger partial charge in [-0.05, 0) is 12.1 Å². The lowest BCUT2D eigenvalue weighted by Gasteiger charge is -2.24. The number of halogens is 1. The number of nitrogens with one attached hydrogen (secondary N) is 1. The van der Waals surface area contributed by atoms with Crippen LogP contribution < -0.4 is 10.1 Å². The number of hydrogen-bond acceptors (Lipinski definition) is 4. The van der Waals surface area contributed by atoms with Gasteiger partial charge in [-0.25, -0.2) is 9.37 Å². The standard InChI is InChI=1S/C14H16FN3O2/c1-19-10-2-3-11(15)12(6-10)18-9-17-7-13(18)14-8-16-4-5-20-14/h2-3,6-7,9,14,16H,4-5,8H2,1H3. The fourth-order valence-corrected chi connectivity index (χ4v) is 2.30. The van der Waals surface area contributed by atoms with E-state index < -0.39 is 0 Å². The number of benzene rings is 1. The van der Waals surface area contributed by atoms with Gasteiger partial charge in [-0.3, -0.25) is 4.57 Å². The van der Waals surface area contributed by atoms with Crippen LogP contribution in [0.5, 0.6) is 5.75 Å². The molecule has 20 heavy (non-hydrogen) atoms. The zero-order chi connectivity index (χ0) is 13.9. The summed E-state index contributed by atoms with van der Waals surface area (Å²) in [5.74, 6) is 0.276. The first-order chi connectivity index (χ1) is 9.79. The highest BCUT2D eigenvalue weighted by atomic mass is 19.1. The second kappa shape index (κ2) is 5.60. The molecule has 5 nitrogen and oxygen atoms in total. The second-order valence-corrected chi connectivity index (χ2v) is 4.57. The molecular weight excluding hydrogens is 261 g/mol. The average Bonchev–Trinajstić information content (AvgIpc) is 2.98. The van der Waals surface area contributed by atoms with Crippen LogP contribution in [0, 0.1) is 5.82 Å². The molecule has 1 aliphatic heterocycles. The van der Waals surface area contributed by atoms with E-state index in [1.54, 1.807) is 36.3 Å². The van der Waals surface area contributed by atoms with E-state index in [1.807, 2.05) is 0 Å². The van der Waals surface area contributed by atoms with Crippen molar-refractivity contribution in [2.75, 3.05) is 26.8 Å². The topological polar surface area (TPSA) is 48.3 Å². The molecule has 0 radical (unpaired) electrons. The van der Waals surface area contributed by atoms with Gasteiger partial charge in [-0.2, -0.15) is 0 Å². The number of imidazole rings is 1. The summed E-state index contributed by atoms with van der Waals surface area (Å²) in [5, 5.41) is 3.25. The average molecular weight is 277 g/mol. The minimum absolute atomic E-state index is 0.128. The van der Waals surface area contributed by atoms with E-state index in [0.717, 1.165) is 12.2 Å². The Balaban J connectivity index is 2.00. The summed E-state index contributed by atoms with van der Waals surface area (Å²) >= 11 is 0. The van der Waals surface area contributed by atoms with Crippen LogP contribution in [0.15, 0.2) is 30.7 Å². The molecule has 2 heterocycles. The van der Waals surface area contributed by atoms with E-state index in [0.29, 0.717) is 24.6 Å². The van der Waals surface area contributed by atoms with Crippen molar-refractivity contribution in [2.45, 2.75) is 6.10 Å². The summed E-state index contributed by atoms with van der Waals surface area (Å²) < 4.78 is 26.6. The number of morpholine rings is 1. The van der Waals surface area contributed by atoms with E-state index in [-0.39, 0.29) is 11.9 Å². The van der Waals surface area contributed by atoms with Crippen LogP contribution in [0.4, 0.5) is 4.39 Å². The number of hydrogen-bond donors (Lipinski definition) is 1. The van der Waals surface area contributed by atoms with Crippen molar-refractivity contribution in [2.24, 2.45) is 0 Å². The number of rotatable bonds is 3. The third kappa shape index (κ3) is 2.39. The molecule has 1 saturated heterocycles. The maximum absolute atomic E-state index is 14.1. The lowest BCUT2D eigenvalue weighted by Crippen LogP contribution is -2.34. The van der Waals surface area contributed by atoms with Crippen molar-refractivity contribution in [3.8, 4) is 11.4 Å². The summed E-state index contributed by atoms with van der Waals surface area (Å²) in [6.45, 7) is 2.16. The van der Waals surface area contributed by atoms with Gasteiger partial charge >= 0.3 is 0 Å². The molecule has 1 fully saturated rings. The van der Waals surface area contributed by atoms with E-state index >= 15 is 0 Å². The molecule has 1 aromatic carbocycles. The zero-order valence-corrected chi connectivity index (χ0v) is 11.2. The molecule has 1 unspecified atom stereocenters. The maximum Gasteiger partial charge on any atom is 0.147 e. The molecule has 0 bridgehead atoms. The van der Waals surface area contributed by atoms with Gasteiger partial charge in [0.15, 0.2) is 0 Å². The number of methoxy groups -OCH3 is 1. The minimum Gasteiger partial charge on any atom is -0.497 e. The van der Waals surface area contributed by atoms with Crippen molar-refractivity contribution < 1.29 is 13.9 Å². The Bertz CT molecular complexity index is 594. The van der Waals surface area contributed by atoms with Crippen LogP contribution in [0.25, 0.3) is 5.69 Å². The quantitative estimate of drug-likeness (QED) is 0.927. The van der Waals surface area contributed by atoms with Gasteiger partial charge < -0.3 is 14.8 Å². The molecule has 0 aliphatic carbocycles.